The summed E-state index contributed by atoms with van der Waals surface area (Å²) < 4.78 is 5.42. The van der Waals surface area contributed by atoms with Gasteiger partial charge in [0.25, 0.3) is 0 Å². The summed E-state index contributed by atoms with van der Waals surface area (Å²) in [6.07, 6.45) is 32.5. The third-order valence-electron chi connectivity index (χ3n) is 4.80. The van der Waals surface area contributed by atoms with E-state index in [-0.39, 0.29) is 0 Å². The lowest BCUT2D eigenvalue weighted by Crippen LogP contribution is -1.80. The predicted molar refractivity (Wildman–Crippen MR) is 114 cm³/mol. The first kappa shape index (κ1) is 24.3. The number of hydrogen-bond acceptors (Lipinski definition) is 1. The molecule has 0 rings (SSSR count). The zero-order valence-corrected chi connectivity index (χ0v) is 17.4. The molecule has 0 aliphatic carbocycles. The highest BCUT2D eigenvalue weighted by molar-refractivity contribution is 4.79. The Morgan fingerprint density at radius 1 is 0.440 bits per heavy atom. The molecule has 0 radical (unpaired) electrons. The van der Waals surface area contributed by atoms with E-state index in [1.165, 1.54) is 103 Å². The largest absolute Gasteiger partial charge is 0.473 e. The molecule has 1 nitrogen and oxygen atoms in total. The molecular weight excluding hydrogens is 304 g/mol. The highest BCUT2D eigenvalue weighted by Gasteiger charge is 1.91. The first-order valence-corrected chi connectivity index (χ1v) is 11.4. The average Bonchev–Trinajstić information content (AvgIpc) is 2.63. The molecule has 1 heteroatoms. The van der Waals surface area contributed by atoms with Crippen molar-refractivity contribution in [1.29, 1.82) is 0 Å². The van der Waals surface area contributed by atoms with Gasteiger partial charge in [0, 0.05) is 0 Å². The smallest absolute Gasteiger partial charge is 0.0861 e. The second kappa shape index (κ2) is 23.3. The van der Waals surface area contributed by atoms with Gasteiger partial charge in [-0.15, -0.1) is 0 Å². The minimum atomic E-state index is 1.15. The number of rotatable bonds is 20. The Morgan fingerprint density at radius 3 is 1.12 bits per heavy atom. The first-order chi connectivity index (χ1) is 12.4. The van der Waals surface area contributed by atoms with Crippen molar-refractivity contribution in [3.05, 3.63) is 24.7 Å². The molecular formula is C24H46O. The molecule has 0 aromatic rings. The summed E-state index contributed by atoms with van der Waals surface area (Å²) >= 11 is 0. The summed E-state index contributed by atoms with van der Waals surface area (Å²) in [6, 6.07) is 0. The highest BCUT2D eigenvalue weighted by Crippen LogP contribution is 2.10. The van der Waals surface area contributed by atoms with E-state index in [0.29, 0.717) is 0 Å². The Morgan fingerprint density at radius 2 is 0.760 bits per heavy atom. The third-order valence-corrected chi connectivity index (χ3v) is 4.80. The molecule has 0 aliphatic heterocycles. The lowest BCUT2D eigenvalue weighted by molar-refractivity contribution is 0.397. The van der Waals surface area contributed by atoms with E-state index in [1.807, 2.05) is 12.5 Å². The van der Waals surface area contributed by atoms with Gasteiger partial charge < -0.3 is 4.74 Å². The lowest BCUT2D eigenvalue weighted by atomic mass is 10.1. The van der Waals surface area contributed by atoms with E-state index >= 15 is 0 Å². The van der Waals surface area contributed by atoms with Gasteiger partial charge in [0.05, 0.1) is 12.5 Å². The zero-order chi connectivity index (χ0) is 18.3. The normalized spacial score (nSPS) is 11.8. The van der Waals surface area contributed by atoms with Crippen LogP contribution in [0.3, 0.4) is 0 Å². The molecule has 0 aromatic heterocycles. The Kier molecular flexibility index (Phi) is 22.6. The quantitative estimate of drug-likeness (QED) is 0.157. The van der Waals surface area contributed by atoms with Crippen molar-refractivity contribution in [3.63, 3.8) is 0 Å². The Hall–Kier alpha value is -0.720. The summed E-state index contributed by atoms with van der Waals surface area (Å²) in [7, 11) is 0. The first-order valence-electron chi connectivity index (χ1n) is 11.4. The van der Waals surface area contributed by atoms with Crippen molar-refractivity contribution in [2.24, 2.45) is 0 Å². The topological polar surface area (TPSA) is 9.23 Å². The number of ether oxygens (including phenoxy) is 1. The Balaban J connectivity index is 3.14. The van der Waals surface area contributed by atoms with Crippen LogP contribution in [0.15, 0.2) is 24.7 Å². The van der Waals surface area contributed by atoms with Gasteiger partial charge in [0.2, 0.25) is 0 Å². The molecule has 0 aromatic carbocycles. The van der Waals surface area contributed by atoms with Gasteiger partial charge >= 0.3 is 0 Å². The fraction of sp³-hybridized carbons (Fsp3) is 0.833. The molecule has 0 N–H and O–H groups in total. The molecule has 0 saturated heterocycles. The van der Waals surface area contributed by atoms with Crippen molar-refractivity contribution in [2.45, 2.75) is 129 Å². The summed E-state index contributed by atoms with van der Waals surface area (Å²) in [5.41, 5.74) is 0. The minimum Gasteiger partial charge on any atom is -0.473 e. The molecule has 0 unspecified atom stereocenters. The molecule has 0 saturated carbocycles. The van der Waals surface area contributed by atoms with E-state index in [4.69, 9.17) is 4.74 Å². The van der Waals surface area contributed by atoms with E-state index in [0.717, 1.165) is 12.8 Å². The molecule has 0 amide bonds. The Labute approximate surface area is 159 Å². The van der Waals surface area contributed by atoms with E-state index in [2.05, 4.69) is 26.0 Å². The summed E-state index contributed by atoms with van der Waals surface area (Å²) in [6.45, 7) is 4.56. The fourth-order valence-electron chi connectivity index (χ4n) is 3.08. The summed E-state index contributed by atoms with van der Waals surface area (Å²) in [5, 5.41) is 0. The second-order valence-electron chi connectivity index (χ2n) is 7.41. The molecule has 0 fully saturated rings. The van der Waals surface area contributed by atoms with Crippen LogP contribution in [0.1, 0.15) is 129 Å². The van der Waals surface area contributed by atoms with E-state index in [9.17, 15) is 0 Å². The second-order valence-corrected chi connectivity index (χ2v) is 7.41. The van der Waals surface area contributed by atoms with Crippen LogP contribution < -0.4 is 0 Å². The number of hydrogen-bond donors (Lipinski definition) is 0. The van der Waals surface area contributed by atoms with Crippen molar-refractivity contribution >= 4 is 0 Å². The fourth-order valence-corrected chi connectivity index (χ4v) is 3.08. The average molecular weight is 351 g/mol. The van der Waals surface area contributed by atoms with Gasteiger partial charge in [-0.1, -0.05) is 104 Å². The highest BCUT2D eigenvalue weighted by atomic mass is 16.5. The van der Waals surface area contributed by atoms with Crippen LogP contribution in [0, 0.1) is 0 Å². The monoisotopic (exact) mass is 350 g/mol. The van der Waals surface area contributed by atoms with Crippen molar-refractivity contribution in [3.8, 4) is 0 Å². The maximum Gasteiger partial charge on any atom is 0.0861 e. The van der Waals surface area contributed by atoms with Crippen molar-refractivity contribution in [2.75, 3.05) is 0 Å². The van der Waals surface area contributed by atoms with E-state index in [1.54, 1.807) is 0 Å². The number of unbranched alkanes of at least 4 members (excludes halogenated alkanes) is 16. The summed E-state index contributed by atoms with van der Waals surface area (Å²) in [5.74, 6) is 0. The SMILES string of the molecule is CCCCCCCCCCC=COC=CCCCCCCCCCC. The van der Waals surface area contributed by atoms with Gasteiger partial charge in [-0.25, -0.2) is 0 Å². The van der Waals surface area contributed by atoms with Crippen LogP contribution in [0.2, 0.25) is 0 Å². The van der Waals surface area contributed by atoms with Crippen molar-refractivity contribution in [1.82, 2.24) is 0 Å². The summed E-state index contributed by atoms with van der Waals surface area (Å²) in [4.78, 5) is 0. The number of allylic oxidation sites excluding steroid dienone is 2. The van der Waals surface area contributed by atoms with Crippen molar-refractivity contribution < 1.29 is 4.74 Å². The van der Waals surface area contributed by atoms with Crippen LogP contribution in [0.4, 0.5) is 0 Å². The van der Waals surface area contributed by atoms with Crippen LogP contribution in [0.25, 0.3) is 0 Å². The maximum absolute atomic E-state index is 5.42. The lowest BCUT2D eigenvalue weighted by Gasteiger charge is -2.00. The van der Waals surface area contributed by atoms with E-state index < -0.39 is 0 Å². The zero-order valence-electron chi connectivity index (χ0n) is 17.4. The maximum atomic E-state index is 5.42. The minimum absolute atomic E-state index is 1.15. The molecule has 148 valence electrons. The van der Waals surface area contributed by atoms with Gasteiger partial charge in [-0.3, -0.25) is 0 Å². The van der Waals surface area contributed by atoms with Gasteiger partial charge in [-0.05, 0) is 37.8 Å². The third kappa shape index (κ3) is 23.3. The van der Waals surface area contributed by atoms with Crippen LogP contribution in [-0.2, 0) is 4.74 Å². The molecule has 0 bridgehead atoms. The van der Waals surface area contributed by atoms with Crippen LogP contribution in [0.5, 0.6) is 0 Å². The molecule has 0 atom stereocenters. The standard InChI is InChI=1S/C24H46O/c1-3-5-7-9-11-13-15-17-19-21-23-25-24-22-20-18-16-14-12-10-8-6-4-2/h21-24H,3-20H2,1-2H3. The van der Waals surface area contributed by atoms with Gasteiger partial charge in [0.15, 0.2) is 0 Å². The molecule has 0 spiro atoms. The van der Waals surface area contributed by atoms with Gasteiger partial charge in [-0.2, -0.15) is 0 Å². The molecule has 0 aliphatic rings. The molecule has 0 heterocycles. The van der Waals surface area contributed by atoms with Crippen LogP contribution in [-0.4, -0.2) is 0 Å². The van der Waals surface area contributed by atoms with Gasteiger partial charge in [0.1, 0.15) is 0 Å². The predicted octanol–water partition coefficient (Wildman–Crippen LogP) is 9.09. The van der Waals surface area contributed by atoms with Crippen LogP contribution >= 0.6 is 0 Å². The Bertz CT molecular complexity index is 252. The molecule has 25 heavy (non-hydrogen) atoms.